The van der Waals surface area contributed by atoms with Gasteiger partial charge in [0.1, 0.15) is 0 Å². The van der Waals surface area contributed by atoms with Gasteiger partial charge in [0.25, 0.3) is 0 Å². The van der Waals surface area contributed by atoms with Crippen molar-refractivity contribution in [2.75, 3.05) is 4.90 Å². The van der Waals surface area contributed by atoms with Crippen LogP contribution in [-0.2, 0) is 4.79 Å². The average Bonchev–Trinajstić information content (AvgIpc) is 2.07. The van der Waals surface area contributed by atoms with E-state index in [1.165, 1.54) is 0 Å². The zero-order chi connectivity index (χ0) is 8.97. The standard InChI is InChI=1S/C8H8N3O/c9-8(10)11(6-12)7-4-2-1-3-5-7/h1-5H,(H3,9,10). The molecule has 0 aromatic heterocycles. The van der Waals surface area contributed by atoms with Crippen LogP contribution < -0.4 is 10.6 Å². The van der Waals surface area contributed by atoms with Crippen LogP contribution in [0, 0.1) is 5.41 Å². The maximum Gasteiger partial charge on any atom is 0.324 e. The number of nitrogens with one attached hydrogen (secondary N) is 1. The van der Waals surface area contributed by atoms with Gasteiger partial charge in [0.05, 0.1) is 5.69 Å². The lowest BCUT2D eigenvalue weighted by Crippen LogP contribution is -2.35. The highest BCUT2D eigenvalue weighted by Crippen LogP contribution is 2.09. The van der Waals surface area contributed by atoms with Crippen molar-refractivity contribution in [1.29, 1.82) is 5.41 Å². The van der Waals surface area contributed by atoms with Gasteiger partial charge in [0.15, 0.2) is 5.96 Å². The Hall–Kier alpha value is -1.84. The normalized spacial score (nSPS) is 9.00. The Bertz CT molecular complexity index is 284. The number of hydrogen-bond donors (Lipinski definition) is 2. The SMILES string of the molecule is N=C(N)N([C]=O)c1ccccc1. The van der Waals surface area contributed by atoms with Crippen LogP contribution in [-0.4, -0.2) is 12.4 Å². The third-order valence-corrected chi connectivity index (χ3v) is 1.35. The molecule has 1 radical (unpaired) electrons. The fourth-order valence-electron chi connectivity index (χ4n) is 0.818. The molecule has 1 aromatic rings. The molecule has 0 bridgehead atoms. The molecule has 0 saturated heterocycles. The number of guanidine groups is 1. The summed E-state index contributed by atoms with van der Waals surface area (Å²) in [5.74, 6) is -0.337. The molecule has 1 rings (SSSR count). The third kappa shape index (κ3) is 1.60. The van der Waals surface area contributed by atoms with Crippen LogP contribution in [0.4, 0.5) is 5.69 Å². The maximum atomic E-state index is 10.3. The van der Waals surface area contributed by atoms with Crippen molar-refractivity contribution in [2.24, 2.45) is 5.73 Å². The Kier molecular flexibility index (Phi) is 2.42. The number of hydrogen-bond acceptors (Lipinski definition) is 2. The quantitative estimate of drug-likeness (QED) is 0.376. The van der Waals surface area contributed by atoms with Crippen molar-refractivity contribution < 1.29 is 4.79 Å². The smallest absolute Gasteiger partial charge is 0.324 e. The van der Waals surface area contributed by atoms with Crippen molar-refractivity contribution in [3.63, 3.8) is 0 Å². The predicted molar refractivity (Wildman–Crippen MR) is 46.5 cm³/mol. The molecular formula is C8H8N3O. The number of rotatable bonds is 2. The Morgan fingerprint density at radius 1 is 1.42 bits per heavy atom. The van der Waals surface area contributed by atoms with Gasteiger partial charge in [0.2, 0.25) is 0 Å². The molecule has 0 atom stereocenters. The Balaban J connectivity index is 2.95. The van der Waals surface area contributed by atoms with Crippen LogP contribution in [0.3, 0.4) is 0 Å². The number of carbonyl (C=O) groups excluding carboxylic acids is 1. The van der Waals surface area contributed by atoms with Crippen molar-refractivity contribution in [3.8, 4) is 0 Å². The van der Waals surface area contributed by atoms with E-state index < -0.39 is 0 Å². The molecule has 0 unspecified atom stereocenters. The summed E-state index contributed by atoms with van der Waals surface area (Å²) in [5, 5.41) is 7.03. The molecule has 4 heteroatoms. The minimum atomic E-state index is -0.337. The lowest BCUT2D eigenvalue weighted by atomic mass is 10.3. The summed E-state index contributed by atoms with van der Waals surface area (Å²) in [6, 6.07) is 8.66. The summed E-state index contributed by atoms with van der Waals surface area (Å²) in [5.41, 5.74) is 5.67. The summed E-state index contributed by atoms with van der Waals surface area (Å²) in [6.07, 6.45) is 1.55. The zero-order valence-corrected chi connectivity index (χ0v) is 6.32. The van der Waals surface area contributed by atoms with Crippen LogP contribution in [0.5, 0.6) is 0 Å². The highest BCUT2D eigenvalue weighted by molar-refractivity contribution is 6.06. The van der Waals surface area contributed by atoms with Gasteiger partial charge >= 0.3 is 6.41 Å². The first-order valence-corrected chi connectivity index (χ1v) is 3.32. The average molecular weight is 162 g/mol. The largest absolute Gasteiger partial charge is 0.369 e. The van der Waals surface area contributed by atoms with Crippen LogP contribution in [0.2, 0.25) is 0 Å². The van der Waals surface area contributed by atoms with Gasteiger partial charge in [-0.1, -0.05) is 18.2 Å². The van der Waals surface area contributed by atoms with E-state index in [-0.39, 0.29) is 5.96 Å². The molecule has 0 fully saturated rings. The second-order valence-electron chi connectivity index (χ2n) is 2.15. The predicted octanol–water partition coefficient (Wildman–Crippen LogP) is 0.454. The van der Waals surface area contributed by atoms with Crippen LogP contribution >= 0.6 is 0 Å². The van der Waals surface area contributed by atoms with Gasteiger partial charge in [0, 0.05) is 0 Å². The third-order valence-electron chi connectivity index (χ3n) is 1.35. The number of nitrogens with zero attached hydrogens (tertiary/aromatic N) is 1. The number of para-hydroxylation sites is 1. The number of benzene rings is 1. The van der Waals surface area contributed by atoms with Crippen LogP contribution in [0.1, 0.15) is 0 Å². The molecule has 0 aliphatic heterocycles. The first kappa shape index (κ1) is 8.26. The first-order chi connectivity index (χ1) is 5.75. The second kappa shape index (κ2) is 3.52. The summed E-state index contributed by atoms with van der Waals surface area (Å²) in [7, 11) is 0. The van der Waals surface area contributed by atoms with E-state index >= 15 is 0 Å². The van der Waals surface area contributed by atoms with Crippen molar-refractivity contribution >= 4 is 18.1 Å². The lowest BCUT2D eigenvalue weighted by molar-refractivity contribution is 0.556. The Morgan fingerprint density at radius 3 is 2.42 bits per heavy atom. The van der Waals surface area contributed by atoms with Gasteiger partial charge in [-0.25, -0.2) is 4.90 Å². The molecule has 1 amide bonds. The Morgan fingerprint density at radius 2 is 2.00 bits per heavy atom. The highest BCUT2D eigenvalue weighted by atomic mass is 16.1. The molecule has 0 aliphatic carbocycles. The van der Waals surface area contributed by atoms with Gasteiger partial charge in [-0.2, -0.15) is 0 Å². The van der Waals surface area contributed by atoms with Gasteiger partial charge in [-0.3, -0.25) is 10.2 Å². The fourth-order valence-corrected chi connectivity index (χ4v) is 0.818. The number of amides is 1. The minimum Gasteiger partial charge on any atom is -0.369 e. The molecule has 61 valence electrons. The molecule has 0 saturated carbocycles. The van der Waals surface area contributed by atoms with E-state index in [2.05, 4.69) is 0 Å². The summed E-state index contributed by atoms with van der Waals surface area (Å²) in [6.45, 7) is 0. The first-order valence-electron chi connectivity index (χ1n) is 3.32. The maximum absolute atomic E-state index is 10.3. The monoisotopic (exact) mass is 162 g/mol. The molecule has 12 heavy (non-hydrogen) atoms. The number of anilines is 1. The van der Waals surface area contributed by atoms with Crippen LogP contribution in [0.15, 0.2) is 30.3 Å². The lowest BCUT2D eigenvalue weighted by Gasteiger charge is -2.12. The van der Waals surface area contributed by atoms with Gasteiger partial charge in [-0.05, 0) is 12.1 Å². The zero-order valence-electron chi connectivity index (χ0n) is 6.32. The van der Waals surface area contributed by atoms with Gasteiger partial charge < -0.3 is 5.73 Å². The topological polar surface area (TPSA) is 70.2 Å². The van der Waals surface area contributed by atoms with Gasteiger partial charge in [-0.15, -0.1) is 0 Å². The minimum absolute atomic E-state index is 0.337. The molecule has 0 aliphatic rings. The van der Waals surface area contributed by atoms with E-state index in [0.717, 1.165) is 4.90 Å². The summed E-state index contributed by atoms with van der Waals surface area (Å²) < 4.78 is 0. The van der Waals surface area contributed by atoms with Crippen LogP contribution in [0.25, 0.3) is 0 Å². The molecule has 4 nitrogen and oxygen atoms in total. The van der Waals surface area contributed by atoms with E-state index in [1.54, 1.807) is 30.7 Å². The van der Waals surface area contributed by atoms with Crippen molar-refractivity contribution in [1.82, 2.24) is 0 Å². The highest BCUT2D eigenvalue weighted by Gasteiger charge is 2.07. The van der Waals surface area contributed by atoms with E-state index in [9.17, 15) is 4.79 Å². The fraction of sp³-hybridized carbons (Fsp3) is 0. The van der Waals surface area contributed by atoms with E-state index in [1.807, 2.05) is 6.07 Å². The van der Waals surface area contributed by atoms with Crippen molar-refractivity contribution in [2.45, 2.75) is 0 Å². The molecule has 1 aromatic carbocycles. The molecule has 3 N–H and O–H groups in total. The molecule has 0 heterocycles. The molecule has 0 spiro atoms. The van der Waals surface area contributed by atoms with E-state index in [0.29, 0.717) is 5.69 Å². The number of nitrogens with two attached hydrogens (primary N) is 1. The van der Waals surface area contributed by atoms with Crippen molar-refractivity contribution in [3.05, 3.63) is 30.3 Å². The second-order valence-corrected chi connectivity index (χ2v) is 2.15. The summed E-state index contributed by atoms with van der Waals surface area (Å²) >= 11 is 0. The van der Waals surface area contributed by atoms with E-state index in [4.69, 9.17) is 11.1 Å². The molecular weight excluding hydrogens is 154 g/mol. The summed E-state index contributed by atoms with van der Waals surface area (Å²) in [4.78, 5) is 11.3. The Labute approximate surface area is 70.1 Å².